The Hall–Kier alpha value is -13.3. The molecule has 0 saturated carbocycles. The summed E-state index contributed by atoms with van der Waals surface area (Å²) in [6, 6.07) is 78.6. The number of nitrogens with zero attached hydrogens (tertiary/aromatic N) is 14. The van der Waals surface area contributed by atoms with E-state index in [0.717, 1.165) is 177 Å². The van der Waals surface area contributed by atoms with Crippen LogP contribution < -0.4 is 0 Å². The first kappa shape index (κ1) is 68.4. The van der Waals surface area contributed by atoms with Crippen molar-refractivity contribution < 1.29 is 49.2 Å². The van der Waals surface area contributed by atoms with Gasteiger partial charge in [0.2, 0.25) is 0 Å². The number of phenolic OH excluding ortho intramolecular Hbond substituents is 2. The van der Waals surface area contributed by atoms with Crippen molar-refractivity contribution in [2.75, 3.05) is 0 Å². The summed E-state index contributed by atoms with van der Waals surface area (Å²) in [4.78, 5) is 66.0. The fraction of sp³-hybridized carbons (Fsp3) is 0.0115. The van der Waals surface area contributed by atoms with Crippen molar-refractivity contribution in [2.45, 2.75) is 6.42 Å². The van der Waals surface area contributed by atoms with Gasteiger partial charge >= 0.3 is 0 Å². The smallest absolute Gasteiger partial charge is 0.138 e. The third-order valence-corrected chi connectivity index (χ3v) is 18.1. The quantitative estimate of drug-likeness (QED) is 0.108. The Kier molecular flexibility index (Phi) is 19.8. The number of pyridine rings is 12. The molecule has 21 aromatic rings. The van der Waals surface area contributed by atoms with Crippen LogP contribution in [0.5, 0.6) is 11.5 Å². The van der Waals surface area contributed by atoms with E-state index < -0.39 is 0 Å². The van der Waals surface area contributed by atoms with Gasteiger partial charge in [-0.1, -0.05) is 103 Å². The topological polar surface area (TPSA) is 236 Å². The Balaban J connectivity index is 0.000000103. The van der Waals surface area contributed by atoms with Gasteiger partial charge in [0.25, 0.3) is 0 Å². The first-order valence-corrected chi connectivity index (χ1v) is 33.6. The molecule has 22 rings (SSSR count). The third-order valence-electron chi connectivity index (χ3n) is 18.1. The number of hydrogen-bond acceptors (Lipinski definition) is 16. The Labute approximate surface area is 630 Å². The molecule has 13 aromatic heterocycles. The number of hydrogen-bond donors (Lipinski definition) is 3. The molecule has 0 amide bonds. The zero-order chi connectivity index (χ0) is 69.7. The minimum Gasteiger partial charge on any atom is -0.508 e. The minimum absolute atomic E-state index is 0. The van der Waals surface area contributed by atoms with Crippen LogP contribution in [0.1, 0.15) is 11.1 Å². The van der Waals surface area contributed by atoms with Gasteiger partial charge in [-0.05, 0) is 151 Å². The van der Waals surface area contributed by atoms with E-state index in [1.807, 2.05) is 109 Å². The second-order valence-corrected chi connectivity index (χ2v) is 24.4. The van der Waals surface area contributed by atoms with Crippen LogP contribution in [-0.4, -0.2) is 85.7 Å². The van der Waals surface area contributed by atoms with Crippen LogP contribution in [0.25, 0.3) is 153 Å². The summed E-state index contributed by atoms with van der Waals surface area (Å²) < 4.78 is 0. The predicted molar refractivity (Wildman–Crippen MR) is 417 cm³/mol. The minimum atomic E-state index is 0. The van der Waals surface area contributed by atoms with Crippen LogP contribution in [-0.2, 0) is 45.4 Å². The fourth-order valence-electron chi connectivity index (χ4n) is 13.2. The van der Waals surface area contributed by atoms with Crippen molar-refractivity contribution in [3.05, 3.63) is 328 Å². The maximum atomic E-state index is 9.50. The Bertz CT molecular complexity index is 6120. The molecule has 17 nitrogen and oxygen atoms in total. The normalized spacial score (nSPS) is 11.3. The summed E-state index contributed by atoms with van der Waals surface area (Å²) >= 11 is 0. The predicted octanol–water partition coefficient (Wildman–Crippen LogP) is 19.3. The van der Waals surface area contributed by atoms with Crippen LogP contribution in [0.15, 0.2) is 322 Å². The maximum Gasteiger partial charge on any atom is 0.138 e. The molecule has 14 heterocycles. The first-order chi connectivity index (χ1) is 51.4. The molecule has 0 spiro atoms. The third kappa shape index (κ3) is 13.7. The van der Waals surface area contributed by atoms with Crippen LogP contribution >= 0.6 is 0 Å². The van der Waals surface area contributed by atoms with E-state index >= 15 is 0 Å². The van der Waals surface area contributed by atoms with Crippen molar-refractivity contribution in [1.82, 2.24) is 69.8 Å². The number of rotatable bonds is 2. The van der Waals surface area contributed by atoms with Gasteiger partial charge < -0.3 is 15.2 Å². The molecule has 106 heavy (non-hydrogen) atoms. The van der Waals surface area contributed by atoms with Gasteiger partial charge in [0, 0.05) is 190 Å². The SMILES string of the molecule is Oc1ccc(-c2nc3c4cccnc4c4ncccc4c3[nH]2)cc1.Oc1ccc(C2=Nc3c(c4cccnc4c4ncccc34)C2)cc1.[Ru].[Ru].c1cnc2c(c1)ccc1cccnc12.c1cnc2c(c1)ccc1cccnc12.c1cnc2c(c1)ccc1cccnc12.c1cnc2c(c1)ccc1cccnc12. The van der Waals surface area contributed by atoms with E-state index in [4.69, 9.17) is 9.98 Å². The van der Waals surface area contributed by atoms with E-state index in [-0.39, 0.29) is 50.5 Å². The van der Waals surface area contributed by atoms with Crippen LogP contribution in [0.2, 0.25) is 0 Å². The summed E-state index contributed by atoms with van der Waals surface area (Å²) in [6.07, 6.45) is 22.3. The largest absolute Gasteiger partial charge is 0.508 e. The van der Waals surface area contributed by atoms with Gasteiger partial charge in [-0.15, -0.1) is 0 Å². The van der Waals surface area contributed by atoms with Gasteiger partial charge in [0.05, 0.1) is 88.6 Å². The van der Waals surface area contributed by atoms with E-state index in [9.17, 15) is 10.2 Å². The molecule has 1 aliphatic rings. The molecule has 0 aliphatic carbocycles. The van der Waals surface area contributed by atoms with Crippen LogP contribution in [0, 0.1) is 0 Å². The summed E-state index contributed by atoms with van der Waals surface area (Å²) in [6.45, 7) is 0. The first-order valence-electron chi connectivity index (χ1n) is 33.6. The van der Waals surface area contributed by atoms with Gasteiger partial charge in [-0.3, -0.25) is 64.8 Å². The van der Waals surface area contributed by atoms with Gasteiger partial charge in [-0.2, -0.15) is 0 Å². The number of aromatic hydroxyl groups is 2. The number of aromatic amines is 1. The number of aromatic nitrogens is 14. The van der Waals surface area contributed by atoms with Gasteiger partial charge in [-0.25, -0.2) is 4.98 Å². The van der Waals surface area contributed by atoms with Crippen molar-refractivity contribution in [1.29, 1.82) is 0 Å². The van der Waals surface area contributed by atoms with Crippen LogP contribution in [0.3, 0.4) is 0 Å². The molecule has 19 heteroatoms. The van der Waals surface area contributed by atoms with Crippen molar-refractivity contribution in [3.8, 4) is 22.9 Å². The average Bonchev–Trinajstić information content (AvgIpc) is 1.56. The van der Waals surface area contributed by atoms with E-state index in [1.54, 1.807) is 98.6 Å². The molecule has 0 bridgehead atoms. The zero-order valence-electron chi connectivity index (χ0n) is 56.1. The van der Waals surface area contributed by atoms with E-state index in [1.165, 1.54) is 5.56 Å². The average molecular weight is 1550 g/mol. The molecule has 0 unspecified atom stereocenters. The molecule has 8 aromatic carbocycles. The molecule has 0 saturated heterocycles. The monoisotopic (exact) mass is 1550 g/mol. The van der Waals surface area contributed by atoms with Crippen LogP contribution in [0.4, 0.5) is 5.69 Å². The molecular weight excluding hydrogens is 1490 g/mol. The van der Waals surface area contributed by atoms with Crippen molar-refractivity contribution >= 4 is 153 Å². The Morgan fingerprint density at radius 1 is 0.245 bits per heavy atom. The summed E-state index contributed by atoms with van der Waals surface area (Å²) in [5, 5.41) is 32.2. The second kappa shape index (κ2) is 30.7. The zero-order valence-corrected chi connectivity index (χ0v) is 59.6. The maximum absolute atomic E-state index is 9.50. The molecule has 3 N–H and O–H groups in total. The molecular formula is C87H57N15O2Ru2. The number of phenols is 2. The molecule has 1 aliphatic heterocycles. The number of nitrogens with one attached hydrogen (secondary N) is 1. The van der Waals surface area contributed by atoms with E-state index in [0.29, 0.717) is 0 Å². The Morgan fingerprint density at radius 3 is 0.858 bits per heavy atom. The second-order valence-electron chi connectivity index (χ2n) is 24.4. The van der Waals surface area contributed by atoms with E-state index in [2.05, 4.69) is 174 Å². The Morgan fingerprint density at radius 2 is 0.509 bits per heavy atom. The summed E-state index contributed by atoms with van der Waals surface area (Å²) in [5.74, 6) is 1.25. The molecule has 508 valence electrons. The number of imidazole rings is 1. The fourth-order valence-corrected chi connectivity index (χ4v) is 13.2. The van der Waals surface area contributed by atoms with Gasteiger partial charge in [0.1, 0.15) is 17.3 Å². The standard InChI is InChI=1S/C20H13N3O.C19H12N4O.4C12H8N2.2Ru/c24-13-7-5-12(6-8-13)17-11-16-14-3-1-9-21-19(14)20-15(18(16)23-17)4-2-10-22-20;24-12-7-5-11(6-8-12)19-22-17-13-3-1-9-20-15(13)16-14(18(17)23-19)4-2-10-21-16;4*1-3-9-5-6-10-4-2-8-14-12(10)11(9)13-7-1;;/h1-10,24H,11H2;1-10,24H,(H,22,23);4*1-8H;;. The molecule has 0 radical (unpaired) electrons. The molecule has 0 atom stereocenters. The van der Waals surface area contributed by atoms with Gasteiger partial charge in [0.15, 0.2) is 0 Å². The molecule has 0 fully saturated rings. The number of aliphatic imine (C=N–C) groups is 1. The van der Waals surface area contributed by atoms with Crippen molar-refractivity contribution in [3.63, 3.8) is 0 Å². The number of benzene rings is 8. The number of fused-ring (bicyclic) bond motifs is 24. The summed E-state index contributed by atoms with van der Waals surface area (Å²) in [7, 11) is 0. The van der Waals surface area contributed by atoms with Crippen molar-refractivity contribution in [2.24, 2.45) is 4.99 Å². The number of H-pyrrole nitrogens is 1. The summed E-state index contributed by atoms with van der Waals surface area (Å²) in [5.41, 5.74) is 18.3.